The zero-order chi connectivity index (χ0) is 19.7. The van der Waals surface area contributed by atoms with Gasteiger partial charge < -0.3 is 19.1 Å². The first-order valence-corrected chi connectivity index (χ1v) is 9.83. The third kappa shape index (κ3) is 3.35. The van der Waals surface area contributed by atoms with Gasteiger partial charge in [0.1, 0.15) is 11.5 Å². The predicted octanol–water partition coefficient (Wildman–Crippen LogP) is 3.74. The number of hydrogen-bond acceptors (Lipinski definition) is 4. The summed E-state index contributed by atoms with van der Waals surface area (Å²) in [5, 5.41) is 0. The van der Waals surface area contributed by atoms with Gasteiger partial charge in [0, 0.05) is 25.1 Å². The van der Waals surface area contributed by atoms with Gasteiger partial charge in [-0.25, -0.2) is 0 Å². The van der Waals surface area contributed by atoms with Gasteiger partial charge in [0.25, 0.3) is 5.91 Å². The highest BCUT2D eigenvalue weighted by Crippen LogP contribution is 2.37. The van der Waals surface area contributed by atoms with Crippen LogP contribution >= 0.6 is 0 Å². The number of carbonyl (C=O) groups is 1. The lowest BCUT2D eigenvalue weighted by Gasteiger charge is -2.30. The highest BCUT2D eigenvalue weighted by molar-refractivity contribution is 5.99. The van der Waals surface area contributed by atoms with Crippen LogP contribution in [0.1, 0.15) is 45.5 Å². The Balaban J connectivity index is 1.65. The molecule has 2 aliphatic heterocycles. The largest absolute Gasteiger partial charge is 0.497 e. The summed E-state index contributed by atoms with van der Waals surface area (Å²) in [7, 11) is 3.37. The zero-order valence-corrected chi connectivity index (χ0v) is 16.8. The van der Waals surface area contributed by atoms with Crippen LogP contribution in [0.2, 0.25) is 0 Å². The van der Waals surface area contributed by atoms with E-state index >= 15 is 0 Å². The second kappa shape index (κ2) is 7.84. The molecule has 1 atom stereocenters. The Kier molecular flexibility index (Phi) is 5.27. The van der Waals surface area contributed by atoms with Crippen LogP contribution in [0.15, 0.2) is 30.3 Å². The first-order chi connectivity index (χ1) is 13.6. The van der Waals surface area contributed by atoms with E-state index in [0.29, 0.717) is 19.6 Å². The smallest absolute Gasteiger partial charge is 0.254 e. The molecular formula is C23H27NO4. The van der Waals surface area contributed by atoms with Crippen molar-refractivity contribution in [1.82, 2.24) is 4.90 Å². The predicted molar refractivity (Wildman–Crippen MR) is 107 cm³/mol. The second-order valence-corrected chi connectivity index (χ2v) is 7.55. The minimum absolute atomic E-state index is 0.118. The van der Waals surface area contributed by atoms with E-state index in [1.54, 1.807) is 14.2 Å². The number of hydrogen-bond donors (Lipinski definition) is 0. The SMILES string of the molecule is COc1ccc(Cc2cc3c(c(C)c2OC)CN(C2CCCOC2)C3=O)cc1. The Morgan fingerprint density at radius 2 is 1.96 bits per heavy atom. The molecular weight excluding hydrogens is 354 g/mol. The van der Waals surface area contributed by atoms with Crippen molar-refractivity contribution in [2.45, 2.75) is 38.8 Å². The summed E-state index contributed by atoms with van der Waals surface area (Å²) in [4.78, 5) is 15.1. The quantitative estimate of drug-likeness (QED) is 0.792. The molecule has 2 aromatic rings. The molecule has 1 amide bonds. The fourth-order valence-electron chi connectivity index (χ4n) is 4.34. The number of nitrogens with zero attached hydrogens (tertiary/aromatic N) is 1. The number of ether oxygens (including phenoxy) is 3. The van der Waals surface area contributed by atoms with Crippen molar-refractivity contribution in [2.24, 2.45) is 0 Å². The van der Waals surface area contributed by atoms with E-state index in [-0.39, 0.29) is 11.9 Å². The fraction of sp³-hybridized carbons (Fsp3) is 0.435. The lowest BCUT2D eigenvalue weighted by atomic mass is 9.95. The molecule has 0 spiro atoms. The molecule has 5 nitrogen and oxygen atoms in total. The molecule has 4 rings (SSSR count). The molecule has 1 fully saturated rings. The highest BCUT2D eigenvalue weighted by atomic mass is 16.5. The van der Waals surface area contributed by atoms with Crippen molar-refractivity contribution in [3.8, 4) is 11.5 Å². The number of methoxy groups -OCH3 is 2. The van der Waals surface area contributed by atoms with Gasteiger partial charge in [-0.1, -0.05) is 12.1 Å². The lowest BCUT2D eigenvalue weighted by molar-refractivity contribution is 0.0179. The first kappa shape index (κ1) is 18.8. The van der Waals surface area contributed by atoms with Crippen LogP contribution in [0.4, 0.5) is 0 Å². The van der Waals surface area contributed by atoms with E-state index in [9.17, 15) is 4.79 Å². The Labute approximate surface area is 166 Å². The van der Waals surface area contributed by atoms with Gasteiger partial charge in [-0.05, 0) is 60.2 Å². The Hall–Kier alpha value is -2.53. The molecule has 0 N–H and O–H groups in total. The first-order valence-electron chi connectivity index (χ1n) is 9.83. The fourth-order valence-corrected chi connectivity index (χ4v) is 4.34. The molecule has 5 heteroatoms. The summed E-state index contributed by atoms with van der Waals surface area (Å²) in [5.74, 6) is 1.83. The summed E-state index contributed by atoms with van der Waals surface area (Å²) < 4.78 is 16.6. The van der Waals surface area contributed by atoms with Crippen LogP contribution < -0.4 is 9.47 Å². The maximum Gasteiger partial charge on any atom is 0.254 e. The molecule has 0 aromatic heterocycles. The average molecular weight is 381 g/mol. The molecule has 2 heterocycles. The Morgan fingerprint density at radius 1 is 1.18 bits per heavy atom. The second-order valence-electron chi connectivity index (χ2n) is 7.55. The summed E-state index contributed by atoms with van der Waals surface area (Å²) in [6.07, 6.45) is 2.73. The van der Waals surface area contributed by atoms with Crippen molar-refractivity contribution in [3.63, 3.8) is 0 Å². The highest BCUT2D eigenvalue weighted by Gasteiger charge is 2.36. The van der Waals surface area contributed by atoms with E-state index < -0.39 is 0 Å². The summed E-state index contributed by atoms with van der Waals surface area (Å²) >= 11 is 0. The van der Waals surface area contributed by atoms with Gasteiger partial charge >= 0.3 is 0 Å². The molecule has 148 valence electrons. The molecule has 2 aromatic carbocycles. The van der Waals surface area contributed by atoms with Crippen molar-refractivity contribution in [3.05, 3.63) is 58.1 Å². The van der Waals surface area contributed by atoms with Crippen LogP contribution in [0, 0.1) is 6.92 Å². The molecule has 0 radical (unpaired) electrons. The minimum Gasteiger partial charge on any atom is -0.497 e. The normalized spacial score (nSPS) is 18.9. The number of fused-ring (bicyclic) bond motifs is 1. The number of benzene rings is 2. The maximum atomic E-state index is 13.1. The van der Waals surface area contributed by atoms with E-state index in [2.05, 4.69) is 6.92 Å². The van der Waals surface area contributed by atoms with E-state index in [1.807, 2.05) is 35.2 Å². The van der Waals surface area contributed by atoms with Gasteiger partial charge in [-0.2, -0.15) is 0 Å². The molecule has 2 aliphatic rings. The number of amides is 1. The van der Waals surface area contributed by atoms with E-state index in [1.165, 1.54) is 0 Å². The van der Waals surface area contributed by atoms with Crippen LogP contribution in [0.25, 0.3) is 0 Å². The maximum absolute atomic E-state index is 13.1. The summed E-state index contributed by atoms with van der Waals surface area (Å²) in [6.45, 7) is 4.13. The molecule has 1 unspecified atom stereocenters. The molecule has 0 bridgehead atoms. The van der Waals surface area contributed by atoms with Crippen molar-refractivity contribution >= 4 is 5.91 Å². The number of rotatable bonds is 5. The topological polar surface area (TPSA) is 48.0 Å². The van der Waals surface area contributed by atoms with Gasteiger partial charge in [0.05, 0.1) is 26.9 Å². The zero-order valence-electron chi connectivity index (χ0n) is 16.8. The molecule has 0 saturated carbocycles. The minimum atomic E-state index is 0.118. The Morgan fingerprint density at radius 3 is 2.61 bits per heavy atom. The van der Waals surface area contributed by atoms with Crippen LogP contribution in [-0.4, -0.2) is 44.3 Å². The molecule has 0 aliphatic carbocycles. The monoisotopic (exact) mass is 381 g/mol. The van der Waals surface area contributed by atoms with Crippen molar-refractivity contribution < 1.29 is 19.0 Å². The summed E-state index contributed by atoms with van der Waals surface area (Å²) in [6, 6.07) is 10.2. The molecule has 1 saturated heterocycles. The van der Waals surface area contributed by atoms with Gasteiger partial charge in [-0.15, -0.1) is 0 Å². The van der Waals surface area contributed by atoms with Crippen molar-refractivity contribution in [2.75, 3.05) is 27.4 Å². The summed E-state index contributed by atoms with van der Waals surface area (Å²) in [5.41, 5.74) is 5.16. The van der Waals surface area contributed by atoms with Gasteiger partial charge in [0.2, 0.25) is 0 Å². The van der Waals surface area contributed by atoms with E-state index in [0.717, 1.165) is 58.8 Å². The number of carbonyl (C=O) groups excluding carboxylic acids is 1. The standard InChI is InChI=1S/C23H27NO4/c1-15-21-13-24(18-5-4-10-28-14-18)23(25)20(21)12-17(22(15)27-3)11-16-6-8-19(26-2)9-7-16/h6-9,12,18H,4-5,10-11,13-14H2,1-3H3. The van der Waals surface area contributed by atoms with Gasteiger partial charge in [0.15, 0.2) is 0 Å². The van der Waals surface area contributed by atoms with Crippen molar-refractivity contribution in [1.29, 1.82) is 0 Å². The Bertz CT molecular complexity index is 869. The van der Waals surface area contributed by atoms with Crippen LogP contribution in [-0.2, 0) is 17.7 Å². The van der Waals surface area contributed by atoms with Crippen LogP contribution in [0.5, 0.6) is 11.5 Å². The molecule has 28 heavy (non-hydrogen) atoms. The van der Waals surface area contributed by atoms with E-state index in [4.69, 9.17) is 14.2 Å². The van der Waals surface area contributed by atoms with Gasteiger partial charge in [-0.3, -0.25) is 4.79 Å². The average Bonchev–Trinajstić information content (AvgIpc) is 3.06. The van der Waals surface area contributed by atoms with Crippen LogP contribution in [0.3, 0.4) is 0 Å². The lowest BCUT2D eigenvalue weighted by Crippen LogP contribution is -2.41. The third-order valence-electron chi connectivity index (χ3n) is 5.88. The third-order valence-corrected chi connectivity index (χ3v) is 5.88.